The molecule has 1 amide bonds. The molecule has 2 rings (SSSR count). The Morgan fingerprint density at radius 2 is 1.86 bits per heavy atom. The van der Waals surface area contributed by atoms with E-state index in [2.05, 4.69) is 5.32 Å². The van der Waals surface area contributed by atoms with Crippen LogP contribution in [0.25, 0.3) is 0 Å². The molecule has 0 aliphatic carbocycles. The summed E-state index contributed by atoms with van der Waals surface area (Å²) in [5.74, 6) is 0.0844. The number of nitro benzene ring substituents is 1. The third kappa shape index (κ3) is 4.09. The zero-order valence-electron chi connectivity index (χ0n) is 11.1. The zero-order chi connectivity index (χ0) is 16.1. The minimum Gasteiger partial charge on any atom is -0.484 e. The summed E-state index contributed by atoms with van der Waals surface area (Å²) in [5, 5.41) is 13.1. The second-order valence-electron chi connectivity index (χ2n) is 4.19. The molecule has 2 aromatic rings. The van der Waals surface area contributed by atoms with Gasteiger partial charge in [0.1, 0.15) is 10.8 Å². The van der Waals surface area contributed by atoms with Gasteiger partial charge in [-0.05, 0) is 18.2 Å². The number of carbonyl (C=O) groups excluding carboxylic acids is 1. The van der Waals surface area contributed by atoms with Crippen LogP contribution < -0.4 is 10.1 Å². The van der Waals surface area contributed by atoms with Crippen LogP contribution in [-0.2, 0) is 4.79 Å². The summed E-state index contributed by atoms with van der Waals surface area (Å²) < 4.78 is 5.28. The first-order valence-corrected chi connectivity index (χ1v) is 6.84. The largest absolute Gasteiger partial charge is 0.484 e. The number of halogens is 2. The molecular formula is C14H10Cl2N2O4. The predicted molar refractivity (Wildman–Crippen MR) is 83.7 cm³/mol. The van der Waals surface area contributed by atoms with Crippen LogP contribution in [-0.4, -0.2) is 17.4 Å². The summed E-state index contributed by atoms with van der Waals surface area (Å²) >= 11 is 11.7. The Morgan fingerprint density at radius 3 is 2.50 bits per heavy atom. The standard InChI is InChI=1S/C14H10Cl2N2O4/c15-10-7-13(18(20)21)11(16)6-12(10)17-14(19)8-22-9-4-2-1-3-5-9/h1-7H,8H2,(H,17,19). The van der Waals surface area contributed by atoms with Crippen LogP contribution in [0.5, 0.6) is 5.75 Å². The lowest BCUT2D eigenvalue weighted by molar-refractivity contribution is -0.384. The van der Waals surface area contributed by atoms with Crippen LogP contribution in [0, 0.1) is 10.1 Å². The van der Waals surface area contributed by atoms with Crippen LogP contribution >= 0.6 is 23.2 Å². The number of ether oxygens (including phenoxy) is 1. The van der Waals surface area contributed by atoms with Crippen molar-refractivity contribution in [3.05, 3.63) is 62.6 Å². The average molecular weight is 341 g/mol. The van der Waals surface area contributed by atoms with Gasteiger partial charge in [0, 0.05) is 6.07 Å². The molecule has 0 bridgehead atoms. The third-order valence-corrected chi connectivity index (χ3v) is 3.24. The van der Waals surface area contributed by atoms with Gasteiger partial charge in [0.15, 0.2) is 6.61 Å². The van der Waals surface area contributed by atoms with Gasteiger partial charge in [0.05, 0.1) is 15.6 Å². The van der Waals surface area contributed by atoms with Crippen molar-refractivity contribution in [1.29, 1.82) is 0 Å². The number of para-hydroxylation sites is 1. The zero-order valence-corrected chi connectivity index (χ0v) is 12.6. The Bertz CT molecular complexity index is 707. The number of benzene rings is 2. The minimum absolute atomic E-state index is 0.0177. The Hall–Kier alpha value is -2.31. The molecule has 0 saturated heterocycles. The Labute approximate surface area is 135 Å². The normalized spacial score (nSPS) is 10.1. The maximum atomic E-state index is 11.8. The first-order valence-electron chi connectivity index (χ1n) is 6.08. The van der Waals surface area contributed by atoms with Crippen molar-refractivity contribution < 1.29 is 14.5 Å². The summed E-state index contributed by atoms with van der Waals surface area (Å²) in [4.78, 5) is 21.9. The molecule has 0 aliphatic heterocycles. The van der Waals surface area contributed by atoms with E-state index in [4.69, 9.17) is 27.9 Å². The molecule has 114 valence electrons. The molecule has 0 fully saturated rings. The van der Waals surface area contributed by atoms with Crippen LogP contribution in [0.4, 0.5) is 11.4 Å². The highest BCUT2D eigenvalue weighted by molar-refractivity contribution is 6.37. The van der Waals surface area contributed by atoms with E-state index in [9.17, 15) is 14.9 Å². The molecule has 6 nitrogen and oxygen atoms in total. The molecule has 0 atom stereocenters. The van der Waals surface area contributed by atoms with E-state index in [1.807, 2.05) is 6.07 Å². The van der Waals surface area contributed by atoms with Crippen molar-refractivity contribution >= 4 is 40.5 Å². The van der Waals surface area contributed by atoms with Crippen molar-refractivity contribution in [1.82, 2.24) is 0 Å². The smallest absolute Gasteiger partial charge is 0.289 e. The Morgan fingerprint density at radius 1 is 1.18 bits per heavy atom. The lowest BCUT2D eigenvalue weighted by Gasteiger charge is -2.09. The molecule has 0 aromatic heterocycles. The molecule has 2 aromatic carbocycles. The first-order chi connectivity index (χ1) is 10.5. The van der Waals surface area contributed by atoms with E-state index >= 15 is 0 Å². The second-order valence-corrected chi connectivity index (χ2v) is 5.00. The highest BCUT2D eigenvalue weighted by Gasteiger charge is 2.17. The van der Waals surface area contributed by atoms with Crippen molar-refractivity contribution in [2.75, 3.05) is 11.9 Å². The van der Waals surface area contributed by atoms with Gasteiger partial charge in [-0.1, -0.05) is 41.4 Å². The maximum absolute atomic E-state index is 11.8. The molecule has 0 unspecified atom stereocenters. The highest BCUT2D eigenvalue weighted by atomic mass is 35.5. The van der Waals surface area contributed by atoms with Gasteiger partial charge < -0.3 is 10.1 Å². The predicted octanol–water partition coefficient (Wildman–Crippen LogP) is 3.92. The third-order valence-electron chi connectivity index (χ3n) is 2.62. The highest BCUT2D eigenvalue weighted by Crippen LogP contribution is 2.33. The van der Waals surface area contributed by atoms with Crippen molar-refractivity contribution in [3.63, 3.8) is 0 Å². The second kappa shape index (κ2) is 7.11. The van der Waals surface area contributed by atoms with Crippen molar-refractivity contribution in [2.24, 2.45) is 0 Å². The molecule has 22 heavy (non-hydrogen) atoms. The topological polar surface area (TPSA) is 81.5 Å². The van der Waals surface area contributed by atoms with Crippen LogP contribution in [0.2, 0.25) is 10.0 Å². The van der Waals surface area contributed by atoms with E-state index in [-0.39, 0.29) is 28.0 Å². The van der Waals surface area contributed by atoms with Gasteiger partial charge in [0.25, 0.3) is 11.6 Å². The molecule has 0 spiro atoms. The summed E-state index contributed by atoms with van der Waals surface area (Å²) in [7, 11) is 0. The number of nitrogens with zero attached hydrogens (tertiary/aromatic N) is 1. The fourth-order valence-electron chi connectivity index (χ4n) is 1.62. The Balaban J connectivity index is 2.02. The first kappa shape index (κ1) is 16.1. The Kier molecular flexibility index (Phi) is 5.19. The average Bonchev–Trinajstić information content (AvgIpc) is 2.49. The van der Waals surface area contributed by atoms with Gasteiger partial charge in [-0.15, -0.1) is 0 Å². The minimum atomic E-state index is -0.654. The number of nitro groups is 1. The van der Waals surface area contributed by atoms with Gasteiger partial charge in [-0.25, -0.2) is 0 Å². The number of hydrogen-bond donors (Lipinski definition) is 1. The fraction of sp³-hybridized carbons (Fsp3) is 0.0714. The lowest BCUT2D eigenvalue weighted by atomic mass is 10.2. The summed E-state index contributed by atoms with van der Waals surface area (Å²) in [6.45, 7) is -0.227. The molecule has 0 heterocycles. The van der Waals surface area contributed by atoms with E-state index in [0.29, 0.717) is 5.75 Å². The quantitative estimate of drug-likeness (QED) is 0.660. The number of rotatable bonds is 5. The molecule has 0 saturated carbocycles. The molecule has 1 N–H and O–H groups in total. The SMILES string of the molecule is O=C(COc1ccccc1)Nc1cc(Cl)c([N+](=O)[O-])cc1Cl. The summed E-state index contributed by atoms with van der Waals surface area (Å²) in [6.07, 6.45) is 0. The van der Waals surface area contributed by atoms with Gasteiger partial charge in [-0.3, -0.25) is 14.9 Å². The fourth-order valence-corrected chi connectivity index (χ4v) is 2.06. The molecule has 0 radical (unpaired) electrons. The van der Waals surface area contributed by atoms with Gasteiger partial charge in [-0.2, -0.15) is 0 Å². The van der Waals surface area contributed by atoms with Crippen LogP contribution in [0.15, 0.2) is 42.5 Å². The van der Waals surface area contributed by atoms with E-state index in [0.717, 1.165) is 6.07 Å². The monoisotopic (exact) mass is 340 g/mol. The maximum Gasteiger partial charge on any atom is 0.289 e. The number of amides is 1. The van der Waals surface area contributed by atoms with Gasteiger partial charge in [0.2, 0.25) is 0 Å². The van der Waals surface area contributed by atoms with E-state index < -0.39 is 10.8 Å². The number of carbonyl (C=O) groups is 1. The summed E-state index contributed by atoms with van der Waals surface area (Å²) in [6, 6.07) is 11.1. The van der Waals surface area contributed by atoms with Crippen LogP contribution in [0.1, 0.15) is 0 Å². The number of hydrogen-bond acceptors (Lipinski definition) is 4. The van der Waals surface area contributed by atoms with Crippen molar-refractivity contribution in [2.45, 2.75) is 0 Å². The van der Waals surface area contributed by atoms with Crippen LogP contribution in [0.3, 0.4) is 0 Å². The number of nitrogens with one attached hydrogen (secondary N) is 1. The lowest BCUT2D eigenvalue weighted by Crippen LogP contribution is -2.20. The van der Waals surface area contributed by atoms with Crippen molar-refractivity contribution in [3.8, 4) is 5.75 Å². The molecule has 8 heteroatoms. The molecular weight excluding hydrogens is 331 g/mol. The van der Waals surface area contributed by atoms with Gasteiger partial charge >= 0.3 is 0 Å². The van der Waals surface area contributed by atoms with E-state index in [1.165, 1.54) is 6.07 Å². The number of anilines is 1. The molecule has 0 aliphatic rings. The van der Waals surface area contributed by atoms with E-state index in [1.54, 1.807) is 24.3 Å². The summed E-state index contributed by atoms with van der Waals surface area (Å²) in [5.41, 5.74) is -0.149.